The number of carbonyl (C=O) groups excluding carboxylic acids is 2. The number of ether oxygens (including phenoxy) is 1. The molecule has 132 valence electrons. The van der Waals surface area contributed by atoms with Gasteiger partial charge in [-0.2, -0.15) is 0 Å². The van der Waals surface area contributed by atoms with Gasteiger partial charge in [-0.1, -0.05) is 17.7 Å². The van der Waals surface area contributed by atoms with Gasteiger partial charge >= 0.3 is 5.97 Å². The van der Waals surface area contributed by atoms with E-state index in [9.17, 15) is 14.7 Å². The van der Waals surface area contributed by atoms with E-state index in [2.05, 4.69) is 17.4 Å². The Hall–Kier alpha value is -1.88. The van der Waals surface area contributed by atoms with Crippen LogP contribution in [0.15, 0.2) is 12.1 Å². The first-order valence-corrected chi connectivity index (χ1v) is 8.50. The molecule has 1 amide bonds. The summed E-state index contributed by atoms with van der Waals surface area (Å²) in [5.41, 5.74) is 3.18. The topological polar surface area (TPSA) is 75.6 Å². The minimum atomic E-state index is -1.10. The highest BCUT2D eigenvalue weighted by Crippen LogP contribution is 2.31. The number of nitrogens with one attached hydrogen (secondary N) is 1. The predicted molar refractivity (Wildman–Crippen MR) is 91.7 cm³/mol. The van der Waals surface area contributed by atoms with E-state index in [1.54, 1.807) is 6.92 Å². The lowest BCUT2D eigenvalue weighted by molar-refractivity contribution is -0.153. The molecule has 1 saturated carbocycles. The average molecular weight is 333 g/mol. The molecule has 2 N–H and O–H groups in total. The van der Waals surface area contributed by atoms with Gasteiger partial charge in [0.2, 0.25) is 5.91 Å². The fourth-order valence-electron chi connectivity index (χ4n) is 3.60. The van der Waals surface area contributed by atoms with Crippen LogP contribution < -0.4 is 5.32 Å². The summed E-state index contributed by atoms with van der Waals surface area (Å²) in [6.45, 7) is 7.99. The Morgan fingerprint density at radius 1 is 1.29 bits per heavy atom. The number of aryl methyl sites for hydroxylation is 3. The van der Waals surface area contributed by atoms with Gasteiger partial charge < -0.3 is 15.2 Å². The molecule has 0 spiro atoms. The summed E-state index contributed by atoms with van der Waals surface area (Å²) in [6.07, 6.45) is 0.739. The Balaban J connectivity index is 2.16. The maximum absolute atomic E-state index is 12.6. The first-order chi connectivity index (χ1) is 11.3. The molecule has 2 atom stereocenters. The van der Waals surface area contributed by atoms with Crippen LogP contribution in [0.25, 0.3) is 0 Å². The van der Waals surface area contributed by atoms with Crippen molar-refractivity contribution in [1.82, 2.24) is 5.32 Å². The summed E-state index contributed by atoms with van der Waals surface area (Å²) in [5, 5.41) is 12.7. The van der Waals surface area contributed by atoms with Crippen LogP contribution in [0.5, 0.6) is 0 Å². The molecule has 1 aromatic rings. The molecule has 24 heavy (non-hydrogen) atoms. The quantitative estimate of drug-likeness (QED) is 0.809. The van der Waals surface area contributed by atoms with Crippen molar-refractivity contribution in [3.05, 3.63) is 34.4 Å². The van der Waals surface area contributed by atoms with Gasteiger partial charge in [0.1, 0.15) is 5.54 Å². The monoisotopic (exact) mass is 333 g/mol. The molecular formula is C19H27NO4. The maximum Gasteiger partial charge on any atom is 0.331 e. The fraction of sp³-hybridized carbons (Fsp3) is 0.579. The Bertz CT molecular complexity index is 617. The number of amides is 1. The van der Waals surface area contributed by atoms with E-state index in [-0.39, 0.29) is 25.4 Å². The van der Waals surface area contributed by atoms with E-state index in [0.29, 0.717) is 12.8 Å². The second-order valence-electron chi connectivity index (χ2n) is 6.80. The van der Waals surface area contributed by atoms with Crippen LogP contribution in [-0.2, 0) is 20.7 Å². The highest BCUT2D eigenvalue weighted by molar-refractivity contribution is 5.89. The van der Waals surface area contributed by atoms with Crippen molar-refractivity contribution in [2.24, 2.45) is 0 Å². The highest BCUT2D eigenvalue weighted by atomic mass is 16.5. The summed E-state index contributed by atoms with van der Waals surface area (Å²) in [7, 11) is 0. The van der Waals surface area contributed by atoms with Crippen LogP contribution in [0.4, 0.5) is 0 Å². The minimum absolute atomic E-state index is 0.212. The third-order valence-electron chi connectivity index (χ3n) is 4.71. The Morgan fingerprint density at radius 3 is 2.42 bits per heavy atom. The van der Waals surface area contributed by atoms with Crippen molar-refractivity contribution in [2.75, 3.05) is 6.61 Å². The summed E-state index contributed by atoms with van der Waals surface area (Å²) in [4.78, 5) is 24.9. The van der Waals surface area contributed by atoms with E-state index in [4.69, 9.17) is 4.74 Å². The van der Waals surface area contributed by atoms with E-state index in [1.165, 1.54) is 0 Å². The third kappa shape index (κ3) is 3.96. The number of esters is 1. The SMILES string of the molecule is CCOC(=O)[C@]1(NC(=O)Cc2c(C)cc(C)cc2C)CC[C@H](O)C1. The highest BCUT2D eigenvalue weighted by Gasteiger charge is 2.47. The van der Waals surface area contributed by atoms with E-state index in [0.717, 1.165) is 22.3 Å². The first kappa shape index (κ1) is 18.5. The second kappa shape index (κ2) is 7.34. The molecule has 0 bridgehead atoms. The molecular weight excluding hydrogens is 306 g/mol. The third-order valence-corrected chi connectivity index (χ3v) is 4.71. The largest absolute Gasteiger partial charge is 0.464 e. The molecule has 0 aliphatic heterocycles. The lowest BCUT2D eigenvalue weighted by Gasteiger charge is -2.28. The van der Waals surface area contributed by atoms with Crippen molar-refractivity contribution in [2.45, 2.75) is 65.0 Å². The molecule has 1 fully saturated rings. The molecule has 1 aliphatic rings. The van der Waals surface area contributed by atoms with Crippen molar-refractivity contribution in [1.29, 1.82) is 0 Å². The number of aliphatic hydroxyl groups is 1. The van der Waals surface area contributed by atoms with Gasteiger partial charge in [0.15, 0.2) is 0 Å². The summed E-state index contributed by atoms with van der Waals surface area (Å²) in [6, 6.07) is 4.10. The Kier molecular flexibility index (Phi) is 5.65. The molecule has 5 nitrogen and oxygen atoms in total. The van der Waals surface area contributed by atoms with Gasteiger partial charge in [0.25, 0.3) is 0 Å². The lowest BCUT2D eigenvalue weighted by atomic mass is 9.94. The van der Waals surface area contributed by atoms with Gasteiger partial charge in [-0.3, -0.25) is 4.79 Å². The van der Waals surface area contributed by atoms with Crippen molar-refractivity contribution in [3.8, 4) is 0 Å². The number of hydrogen-bond acceptors (Lipinski definition) is 4. The average Bonchev–Trinajstić information content (AvgIpc) is 2.85. The number of aliphatic hydroxyl groups excluding tert-OH is 1. The molecule has 5 heteroatoms. The standard InChI is InChI=1S/C19H27NO4/c1-5-24-18(23)19(7-6-15(21)11-19)20-17(22)10-16-13(3)8-12(2)9-14(16)4/h8-9,15,21H,5-7,10-11H2,1-4H3,(H,20,22)/t15-,19-/m0/s1. The fourth-order valence-corrected chi connectivity index (χ4v) is 3.60. The van der Waals surface area contributed by atoms with Gasteiger partial charge in [-0.05, 0) is 57.2 Å². The predicted octanol–water partition coefficient (Wildman–Crippen LogP) is 2.12. The smallest absolute Gasteiger partial charge is 0.331 e. The number of hydrogen-bond donors (Lipinski definition) is 2. The van der Waals surface area contributed by atoms with Crippen molar-refractivity contribution in [3.63, 3.8) is 0 Å². The first-order valence-electron chi connectivity index (χ1n) is 8.50. The summed E-state index contributed by atoms with van der Waals surface area (Å²) >= 11 is 0. The molecule has 1 aliphatic carbocycles. The zero-order chi connectivity index (χ0) is 17.9. The minimum Gasteiger partial charge on any atom is -0.464 e. The van der Waals surface area contributed by atoms with E-state index in [1.807, 2.05) is 20.8 Å². The number of carbonyl (C=O) groups is 2. The van der Waals surface area contributed by atoms with E-state index < -0.39 is 17.6 Å². The number of rotatable bonds is 5. The molecule has 0 saturated heterocycles. The number of benzene rings is 1. The van der Waals surface area contributed by atoms with Crippen LogP contribution in [0.2, 0.25) is 0 Å². The zero-order valence-corrected chi connectivity index (χ0v) is 14.9. The lowest BCUT2D eigenvalue weighted by Crippen LogP contribution is -2.54. The van der Waals surface area contributed by atoms with Gasteiger partial charge in [-0.25, -0.2) is 4.79 Å². The van der Waals surface area contributed by atoms with Crippen LogP contribution in [0.1, 0.15) is 48.4 Å². The van der Waals surface area contributed by atoms with Gasteiger partial charge in [-0.15, -0.1) is 0 Å². The van der Waals surface area contributed by atoms with Crippen molar-refractivity contribution >= 4 is 11.9 Å². The second-order valence-corrected chi connectivity index (χ2v) is 6.80. The van der Waals surface area contributed by atoms with Crippen LogP contribution in [0.3, 0.4) is 0 Å². The molecule has 1 aromatic carbocycles. The summed E-state index contributed by atoms with van der Waals surface area (Å²) < 4.78 is 5.13. The van der Waals surface area contributed by atoms with E-state index >= 15 is 0 Å². The van der Waals surface area contributed by atoms with Gasteiger partial charge in [0.05, 0.1) is 19.1 Å². The molecule has 2 rings (SSSR count). The van der Waals surface area contributed by atoms with Crippen molar-refractivity contribution < 1.29 is 19.4 Å². The van der Waals surface area contributed by atoms with Crippen LogP contribution in [-0.4, -0.2) is 35.2 Å². The van der Waals surface area contributed by atoms with Crippen LogP contribution in [0, 0.1) is 20.8 Å². The molecule has 0 radical (unpaired) electrons. The molecule has 0 aromatic heterocycles. The molecule has 0 heterocycles. The van der Waals surface area contributed by atoms with Crippen LogP contribution >= 0.6 is 0 Å². The molecule has 0 unspecified atom stereocenters. The van der Waals surface area contributed by atoms with Gasteiger partial charge in [0, 0.05) is 6.42 Å². The Morgan fingerprint density at radius 2 is 1.92 bits per heavy atom. The maximum atomic E-state index is 12.6. The summed E-state index contributed by atoms with van der Waals surface area (Å²) in [5.74, 6) is -0.667. The Labute approximate surface area is 143 Å². The zero-order valence-electron chi connectivity index (χ0n) is 14.9. The normalized spacial score (nSPS) is 23.1.